The Balaban J connectivity index is 2.65. The van der Waals surface area contributed by atoms with Crippen molar-refractivity contribution in [3.05, 3.63) is 35.9 Å². The topological polar surface area (TPSA) is 43.4 Å². The number of benzene rings is 1. The summed E-state index contributed by atoms with van der Waals surface area (Å²) < 4.78 is 5.15. The lowest BCUT2D eigenvalue weighted by molar-refractivity contribution is -0.151. The molecule has 0 aliphatic rings. The summed E-state index contributed by atoms with van der Waals surface area (Å²) in [5.41, 5.74) is 0.903. The molecule has 0 atom stereocenters. The molecule has 0 aliphatic heterocycles. The molecule has 0 saturated heterocycles. The predicted molar refractivity (Wildman–Crippen MR) is 78.4 cm³/mol. The molecule has 0 amide bonds. The number of carbonyl (C=O) groups is 2. The van der Waals surface area contributed by atoms with Gasteiger partial charge in [-0.25, -0.2) is 4.79 Å². The van der Waals surface area contributed by atoms with Crippen LogP contribution in [0.25, 0.3) is 0 Å². The van der Waals surface area contributed by atoms with Gasteiger partial charge >= 0.3 is 5.97 Å². The summed E-state index contributed by atoms with van der Waals surface area (Å²) >= 11 is 0. The van der Waals surface area contributed by atoms with E-state index in [0.717, 1.165) is 23.7 Å². The highest BCUT2D eigenvalue weighted by atomic mass is 28.3. The van der Waals surface area contributed by atoms with Gasteiger partial charge in [-0.15, -0.1) is 0 Å². The number of carbonyl (C=O) groups excluding carboxylic acids is 2. The standard InChI is InChI=1S/C15H22O3Si/c1-4-19(5-2,6-3)15(17)14(16)18-12-13-10-8-7-9-11-13/h7-11H,4-6,12H2,1-3H3. The first-order chi connectivity index (χ1) is 9.09. The molecule has 0 unspecified atom stereocenters. The highest BCUT2D eigenvalue weighted by Crippen LogP contribution is 2.22. The van der Waals surface area contributed by atoms with E-state index >= 15 is 0 Å². The Morgan fingerprint density at radius 2 is 1.53 bits per heavy atom. The Hall–Kier alpha value is -1.42. The lowest BCUT2D eigenvalue weighted by atomic mass is 10.2. The molecule has 104 valence electrons. The van der Waals surface area contributed by atoms with Crippen LogP contribution in [0, 0.1) is 0 Å². The first-order valence-electron chi connectivity index (χ1n) is 6.85. The fourth-order valence-corrected chi connectivity index (χ4v) is 5.21. The molecule has 0 N–H and O–H groups in total. The second-order valence-corrected chi connectivity index (χ2v) is 9.87. The Kier molecular flexibility index (Phi) is 5.95. The van der Waals surface area contributed by atoms with Crippen LogP contribution in [0.15, 0.2) is 30.3 Å². The first kappa shape index (κ1) is 15.6. The molecule has 1 aromatic carbocycles. The van der Waals surface area contributed by atoms with E-state index in [1.54, 1.807) is 0 Å². The monoisotopic (exact) mass is 278 g/mol. The number of ether oxygens (including phenoxy) is 1. The second kappa shape index (κ2) is 7.24. The normalized spacial score (nSPS) is 11.1. The molecule has 0 heterocycles. The summed E-state index contributed by atoms with van der Waals surface area (Å²) in [7, 11) is -2.14. The van der Waals surface area contributed by atoms with Crippen molar-refractivity contribution in [1.29, 1.82) is 0 Å². The molecule has 1 rings (SSSR count). The van der Waals surface area contributed by atoms with E-state index in [0.29, 0.717) is 0 Å². The van der Waals surface area contributed by atoms with Crippen molar-refractivity contribution in [3.63, 3.8) is 0 Å². The molecule has 0 radical (unpaired) electrons. The fourth-order valence-electron chi connectivity index (χ4n) is 2.24. The van der Waals surface area contributed by atoms with Crippen molar-refractivity contribution in [1.82, 2.24) is 0 Å². The molecule has 0 saturated carbocycles. The second-order valence-electron chi connectivity index (χ2n) is 4.73. The van der Waals surface area contributed by atoms with Crippen molar-refractivity contribution in [2.24, 2.45) is 0 Å². The maximum Gasteiger partial charge on any atom is 0.369 e. The molecule has 0 bridgehead atoms. The molecule has 0 aromatic heterocycles. The van der Waals surface area contributed by atoms with Crippen molar-refractivity contribution in [2.75, 3.05) is 0 Å². The quantitative estimate of drug-likeness (QED) is 0.436. The minimum Gasteiger partial charge on any atom is -0.455 e. The van der Waals surface area contributed by atoms with Gasteiger partial charge in [0.1, 0.15) is 14.7 Å². The third-order valence-corrected chi connectivity index (χ3v) is 9.14. The average Bonchev–Trinajstić information content (AvgIpc) is 2.48. The summed E-state index contributed by atoms with van der Waals surface area (Å²) in [5, 5.41) is -0.254. The lowest BCUT2D eigenvalue weighted by Crippen LogP contribution is -2.47. The van der Waals surface area contributed by atoms with Crippen LogP contribution in [0.1, 0.15) is 26.3 Å². The van der Waals surface area contributed by atoms with Crippen molar-refractivity contribution >= 4 is 19.4 Å². The lowest BCUT2D eigenvalue weighted by Gasteiger charge is -2.24. The van der Waals surface area contributed by atoms with Crippen LogP contribution in [0.3, 0.4) is 0 Å². The van der Waals surface area contributed by atoms with E-state index in [9.17, 15) is 9.59 Å². The molecular weight excluding hydrogens is 256 g/mol. The van der Waals surface area contributed by atoms with Crippen molar-refractivity contribution < 1.29 is 14.3 Å². The summed E-state index contributed by atoms with van der Waals surface area (Å²) in [6.07, 6.45) is 0. The largest absolute Gasteiger partial charge is 0.455 e. The predicted octanol–water partition coefficient (Wildman–Crippen LogP) is 3.35. The zero-order valence-electron chi connectivity index (χ0n) is 11.9. The van der Waals surface area contributed by atoms with Crippen LogP contribution in [-0.2, 0) is 20.9 Å². The molecule has 19 heavy (non-hydrogen) atoms. The summed E-state index contributed by atoms with van der Waals surface area (Å²) in [4.78, 5) is 24.2. The van der Waals surface area contributed by atoms with Gasteiger partial charge in [0.2, 0.25) is 5.41 Å². The minimum atomic E-state index is -2.14. The molecule has 0 fully saturated rings. The molecular formula is C15H22O3Si. The van der Waals surface area contributed by atoms with Gasteiger partial charge in [0.25, 0.3) is 0 Å². The van der Waals surface area contributed by atoms with Gasteiger partial charge in [-0.2, -0.15) is 0 Å². The number of esters is 1. The highest BCUT2D eigenvalue weighted by molar-refractivity contribution is 7.13. The Labute approximate surface area is 116 Å². The highest BCUT2D eigenvalue weighted by Gasteiger charge is 2.40. The number of hydrogen-bond acceptors (Lipinski definition) is 3. The molecule has 3 nitrogen and oxygen atoms in total. The van der Waals surface area contributed by atoms with Gasteiger partial charge in [0.05, 0.1) is 0 Å². The van der Waals surface area contributed by atoms with E-state index in [2.05, 4.69) is 0 Å². The average molecular weight is 278 g/mol. The number of rotatable bonds is 7. The Morgan fingerprint density at radius 1 is 1.00 bits per heavy atom. The first-order valence-corrected chi connectivity index (χ1v) is 9.47. The summed E-state index contributed by atoms with van der Waals surface area (Å²) in [6, 6.07) is 11.8. The van der Waals surface area contributed by atoms with Crippen LogP contribution >= 0.6 is 0 Å². The maximum atomic E-state index is 12.3. The van der Waals surface area contributed by atoms with Crippen molar-refractivity contribution in [3.8, 4) is 0 Å². The third kappa shape index (κ3) is 3.77. The smallest absolute Gasteiger partial charge is 0.369 e. The van der Waals surface area contributed by atoms with E-state index in [-0.39, 0.29) is 12.0 Å². The van der Waals surface area contributed by atoms with E-state index < -0.39 is 14.0 Å². The maximum absolute atomic E-state index is 12.3. The Bertz CT molecular complexity index is 416. The molecule has 0 spiro atoms. The summed E-state index contributed by atoms with van der Waals surface area (Å²) in [5.74, 6) is -0.652. The summed E-state index contributed by atoms with van der Waals surface area (Å²) in [6.45, 7) is 6.18. The minimum absolute atomic E-state index is 0.174. The van der Waals surface area contributed by atoms with E-state index in [1.807, 2.05) is 51.1 Å². The van der Waals surface area contributed by atoms with E-state index in [1.165, 1.54) is 0 Å². The van der Waals surface area contributed by atoms with Gasteiger partial charge < -0.3 is 4.74 Å². The third-order valence-electron chi connectivity index (χ3n) is 3.91. The van der Waals surface area contributed by atoms with Gasteiger partial charge in [-0.05, 0) is 5.56 Å². The zero-order valence-corrected chi connectivity index (χ0v) is 12.9. The van der Waals surface area contributed by atoms with Gasteiger partial charge in [-0.1, -0.05) is 69.2 Å². The van der Waals surface area contributed by atoms with Crippen LogP contribution < -0.4 is 0 Å². The zero-order chi connectivity index (χ0) is 14.3. The SMILES string of the molecule is CC[Si](CC)(CC)C(=O)C(=O)OCc1ccccc1. The van der Waals surface area contributed by atoms with Crippen LogP contribution in [-0.4, -0.2) is 19.4 Å². The van der Waals surface area contributed by atoms with Crippen LogP contribution in [0.5, 0.6) is 0 Å². The van der Waals surface area contributed by atoms with Gasteiger partial charge in [0.15, 0.2) is 0 Å². The Morgan fingerprint density at radius 3 is 2.00 bits per heavy atom. The molecule has 0 aliphatic carbocycles. The fraction of sp³-hybridized carbons (Fsp3) is 0.467. The van der Waals surface area contributed by atoms with Gasteiger partial charge in [0, 0.05) is 0 Å². The molecule has 1 aromatic rings. The molecule has 4 heteroatoms. The van der Waals surface area contributed by atoms with Crippen molar-refractivity contribution in [2.45, 2.75) is 45.5 Å². The van der Waals surface area contributed by atoms with Crippen LogP contribution in [0.4, 0.5) is 0 Å². The van der Waals surface area contributed by atoms with Gasteiger partial charge in [-0.3, -0.25) is 4.79 Å². The number of hydrogen-bond donors (Lipinski definition) is 0. The van der Waals surface area contributed by atoms with Crippen LogP contribution in [0.2, 0.25) is 18.1 Å². The van der Waals surface area contributed by atoms with E-state index in [4.69, 9.17) is 4.74 Å².